The number of imidazole rings is 1. The van der Waals surface area contributed by atoms with Gasteiger partial charge in [0.15, 0.2) is 11.5 Å². The number of hydrogen-bond acceptors (Lipinski definition) is 6. The van der Waals surface area contributed by atoms with Gasteiger partial charge in [0.25, 0.3) is 0 Å². The molecule has 0 aromatic carbocycles. The lowest BCUT2D eigenvalue weighted by Crippen LogP contribution is -2.35. The van der Waals surface area contributed by atoms with E-state index in [1.54, 1.807) is 6.33 Å². The van der Waals surface area contributed by atoms with E-state index < -0.39 is 0 Å². The zero-order chi connectivity index (χ0) is 15.8. The van der Waals surface area contributed by atoms with E-state index in [1.807, 2.05) is 42.2 Å². The van der Waals surface area contributed by atoms with Gasteiger partial charge in [-0.3, -0.25) is 0 Å². The second kappa shape index (κ2) is 5.49. The van der Waals surface area contributed by atoms with Crippen molar-refractivity contribution >= 4 is 17.3 Å². The molecule has 7 nitrogen and oxygen atoms in total. The van der Waals surface area contributed by atoms with Gasteiger partial charge in [-0.2, -0.15) is 0 Å². The zero-order valence-electron chi connectivity index (χ0n) is 13.3. The summed E-state index contributed by atoms with van der Waals surface area (Å²) in [5, 5.41) is 0. The van der Waals surface area contributed by atoms with Crippen molar-refractivity contribution in [3.63, 3.8) is 0 Å². The molecule has 1 fully saturated rings. The largest absolute Gasteiger partial charge is 0.355 e. The Hall–Kier alpha value is -2.70. The number of anilines is 2. The Balaban J connectivity index is 1.56. The number of fused-ring (bicyclic) bond motifs is 1. The summed E-state index contributed by atoms with van der Waals surface area (Å²) in [6.45, 7) is 3.88. The normalized spacial score (nSPS) is 17.8. The molecule has 3 aromatic rings. The van der Waals surface area contributed by atoms with E-state index in [4.69, 9.17) is 0 Å². The lowest BCUT2D eigenvalue weighted by molar-refractivity contribution is 0.682. The molecule has 1 aliphatic rings. The van der Waals surface area contributed by atoms with Crippen molar-refractivity contribution < 1.29 is 0 Å². The Kier molecular flexibility index (Phi) is 3.33. The summed E-state index contributed by atoms with van der Waals surface area (Å²) in [5.74, 6) is 1.92. The highest BCUT2D eigenvalue weighted by Crippen LogP contribution is 2.25. The standard InChI is InChI=1S/C16H19N7/c1-12-9-14(20-11-19-12)21(2)13-3-6-23(10-13)16-15-17-4-7-22(15)8-5-18-16/h4-5,7-9,11,13H,3,6,10H2,1-2H3. The molecule has 1 atom stereocenters. The van der Waals surface area contributed by atoms with E-state index in [1.165, 1.54) is 0 Å². The van der Waals surface area contributed by atoms with Crippen LogP contribution in [0, 0.1) is 6.92 Å². The van der Waals surface area contributed by atoms with Crippen LogP contribution in [0.15, 0.2) is 37.2 Å². The van der Waals surface area contributed by atoms with Crippen molar-refractivity contribution in [1.29, 1.82) is 0 Å². The molecule has 0 spiro atoms. The first-order valence-corrected chi connectivity index (χ1v) is 7.76. The van der Waals surface area contributed by atoms with Crippen LogP contribution in [-0.2, 0) is 0 Å². The zero-order valence-corrected chi connectivity index (χ0v) is 13.3. The summed E-state index contributed by atoms with van der Waals surface area (Å²) in [6, 6.07) is 2.43. The number of aromatic nitrogens is 5. The van der Waals surface area contributed by atoms with Gasteiger partial charge in [-0.25, -0.2) is 19.9 Å². The third-order valence-corrected chi connectivity index (χ3v) is 4.45. The molecule has 0 radical (unpaired) electrons. The molecular weight excluding hydrogens is 290 g/mol. The van der Waals surface area contributed by atoms with Crippen molar-refractivity contribution in [3.8, 4) is 0 Å². The Bertz CT molecular complexity index is 828. The SMILES string of the molecule is Cc1cc(N(C)C2CCN(c3nccn4ccnc34)C2)ncn1. The molecule has 1 saturated heterocycles. The molecule has 7 heteroatoms. The highest BCUT2D eigenvalue weighted by Gasteiger charge is 2.28. The summed E-state index contributed by atoms with van der Waals surface area (Å²) >= 11 is 0. The number of hydrogen-bond donors (Lipinski definition) is 0. The lowest BCUT2D eigenvalue weighted by atomic mass is 10.2. The third kappa shape index (κ3) is 2.48. The topological polar surface area (TPSA) is 62.5 Å². The molecule has 0 N–H and O–H groups in total. The molecule has 4 rings (SSSR count). The molecule has 3 aromatic heterocycles. The highest BCUT2D eigenvalue weighted by atomic mass is 15.3. The van der Waals surface area contributed by atoms with Crippen molar-refractivity contribution in [1.82, 2.24) is 24.3 Å². The van der Waals surface area contributed by atoms with Gasteiger partial charge in [-0.15, -0.1) is 0 Å². The molecule has 118 valence electrons. The van der Waals surface area contributed by atoms with Crippen molar-refractivity contribution in [2.45, 2.75) is 19.4 Å². The van der Waals surface area contributed by atoms with E-state index in [0.717, 1.165) is 42.5 Å². The number of rotatable bonds is 3. The second-order valence-corrected chi connectivity index (χ2v) is 5.93. The molecule has 0 saturated carbocycles. The fraction of sp³-hybridized carbons (Fsp3) is 0.375. The lowest BCUT2D eigenvalue weighted by Gasteiger charge is -2.26. The van der Waals surface area contributed by atoms with E-state index in [0.29, 0.717) is 6.04 Å². The highest BCUT2D eigenvalue weighted by molar-refractivity contribution is 5.64. The van der Waals surface area contributed by atoms with Crippen LogP contribution in [0.25, 0.3) is 5.65 Å². The monoisotopic (exact) mass is 309 g/mol. The van der Waals surface area contributed by atoms with Gasteiger partial charge in [0.05, 0.1) is 0 Å². The average Bonchev–Trinajstić information content (AvgIpc) is 3.23. The molecule has 1 aliphatic heterocycles. The molecule has 4 heterocycles. The number of aryl methyl sites for hydroxylation is 1. The Morgan fingerprint density at radius 2 is 1.96 bits per heavy atom. The summed E-state index contributed by atoms with van der Waals surface area (Å²) in [6.07, 6.45) is 10.2. The fourth-order valence-electron chi connectivity index (χ4n) is 3.13. The van der Waals surface area contributed by atoms with Crippen molar-refractivity contribution in [2.75, 3.05) is 29.9 Å². The van der Waals surface area contributed by atoms with Gasteiger partial charge >= 0.3 is 0 Å². The van der Waals surface area contributed by atoms with Crippen LogP contribution >= 0.6 is 0 Å². The molecule has 1 unspecified atom stereocenters. The maximum Gasteiger partial charge on any atom is 0.180 e. The third-order valence-electron chi connectivity index (χ3n) is 4.45. The number of nitrogens with zero attached hydrogens (tertiary/aromatic N) is 7. The second-order valence-electron chi connectivity index (χ2n) is 5.93. The number of likely N-dealkylation sites (N-methyl/N-ethyl adjacent to an activating group) is 1. The van der Waals surface area contributed by atoms with E-state index in [-0.39, 0.29) is 0 Å². The smallest absolute Gasteiger partial charge is 0.180 e. The van der Waals surface area contributed by atoms with E-state index >= 15 is 0 Å². The summed E-state index contributed by atoms with van der Waals surface area (Å²) in [5.41, 5.74) is 1.90. The molecule has 0 bridgehead atoms. The summed E-state index contributed by atoms with van der Waals surface area (Å²) < 4.78 is 2.01. The Morgan fingerprint density at radius 1 is 1.13 bits per heavy atom. The fourth-order valence-corrected chi connectivity index (χ4v) is 3.13. The summed E-state index contributed by atoms with van der Waals surface area (Å²) in [7, 11) is 2.10. The van der Waals surface area contributed by atoms with Crippen LogP contribution in [-0.4, -0.2) is 50.5 Å². The molecule has 23 heavy (non-hydrogen) atoms. The van der Waals surface area contributed by atoms with E-state index in [9.17, 15) is 0 Å². The maximum atomic E-state index is 4.54. The minimum absolute atomic E-state index is 0.404. The van der Waals surface area contributed by atoms with Crippen LogP contribution in [0.5, 0.6) is 0 Å². The van der Waals surface area contributed by atoms with Gasteiger partial charge in [0.1, 0.15) is 12.1 Å². The quantitative estimate of drug-likeness (QED) is 0.731. The molecule has 0 aliphatic carbocycles. The van der Waals surface area contributed by atoms with E-state index in [2.05, 4.69) is 36.8 Å². The Labute approximate surface area is 134 Å². The minimum atomic E-state index is 0.404. The summed E-state index contributed by atoms with van der Waals surface area (Å²) in [4.78, 5) is 22.1. The predicted molar refractivity (Wildman–Crippen MR) is 88.8 cm³/mol. The molecule has 0 amide bonds. The van der Waals surface area contributed by atoms with Gasteiger partial charge in [-0.05, 0) is 13.3 Å². The first-order valence-electron chi connectivity index (χ1n) is 7.76. The first kappa shape index (κ1) is 13.9. The predicted octanol–water partition coefficient (Wildman–Crippen LogP) is 1.54. The molecular formula is C16H19N7. The average molecular weight is 309 g/mol. The van der Waals surface area contributed by atoms with Gasteiger partial charge < -0.3 is 14.2 Å². The van der Waals surface area contributed by atoms with Crippen LogP contribution in [0.3, 0.4) is 0 Å². The van der Waals surface area contributed by atoms with Crippen LogP contribution < -0.4 is 9.80 Å². The van der Waals surface area contributed by atoms with Crippen LogP contribution in [0.1, 0.15) is 12.1 Å². The van der Waals surface area contributed by atoms with Crippen molar-refractivity contribution in [3.05, 3.63) is 42.9 Å². The van der Waals surface area contributed by atoms with Crippen LogP contribution in [0.2, 0.25) is 0 Å². The van der Waals surface area contributed by atoms with Crippen LogP contribution in [0.4, 0.5) is 11.6 Å². The van der Waals surface area contributed by atoms with Crippen molar-refractivity contribution in [2.24, 2.45) is 0 Å². The van der Waals surface area contributed by atoms with Gasteiger partial charge in [-0.1, -0.05) is 0 Å². The van der Waals surface area contributed by atoms with Gasteiger partial charge in [0.2, 0.25) is 0 Å². The maximum absolute atomic E-state index is 4.54. The Morgan fingerprint density at radius 3 is 2.78 bits per heavy atom. The van der Waals surface area contributed by atoms with Gasteiger partial charge in [0, 0.05) is 62.7 Å². The first-order chi connectivity index (χ1) is 11.2. The minimum Gasteiger partial charge on any atom is -0.355 e.